The Kier molecular flexibility index (Phi) is 2.21. The number of rotatable bonds is 1. The summed E-state index contributed by atoms with van der Waals surface area (Å²) in [5.41, 5.74) is 0. The molecular weight excluding hydrogens is 134 g/mol. The van der Waals surface area contributed by atoms with Gasteiger partial charge in [-0.15, -0.1) is 0 Å². The third kappa shape index (κ3) is 1.44. The smallest absolute Gasteiger partial charge is 0.238 e. The maximum Gasteiger partial charge on any atom is 0.238 e. The van der Waals surface area contributed by atoms with Gasteiger partial charge in [-0.3, -0.25) is 10.1 Å². The molecule has 0 aliphatic heterocycles. The van der Waals surface area contributed by atoms with Gasteiger partial charge >= 0.3 is 0 Å². The molecule has 1 aliphatic rings. The van der Waals surface area contributed by atoms with Crippen molar-refractivity contribution < 1.29 is 10.0 Å². The molecule has 2 atom stereocenters. The largest absolute Gasteiger partial charge is 0.386 e. The predicted molar refractivity (Wildman–Crippen MR) is 35.3 cm³/mol. The van der Waals surface area contributed by atoms with Gasteiger partial charge in [0.05, 0.1) is 0 Å². The first-order valence-electron chi connectivity index (χ1n) is 3.53. The summed E-state index contributed by atoms with van der Waals surface area (Å²) in [6.07, 6.45) is 2.22. The van der Waals surface area contributed by atoms with E-state index in [0.717, 1.165) is 12.8 Å². The molecule has 0 radical (unpaired) electrons. The molecule has 0 unspecified atom stereocenters. The van der Waals surface area contributed by atoms with Gasteiger partial charge in [-0.05, 0) is 12.8 Å². The number of hydrogen-bond acceptors (Lipinski definition) is 3. The van der Waals surface area contributed by atoms with Gasteiger partial charge in [0.25, 0.3) is 0 Å². The maximum absolute atomic E-state index is 10.2. The Morgan fingerprint density at radius 1 is 1.40 bits per heavy atom. The van der Waals surface area contributed by atoms with E-state index in [-0.39, 0.29) is 4.92 Å². The highest BCUT2D eigenvalue weighted by Gasteiger charge is 2.31. The van der Waals surface area contributed by atoms with Crippen LogP contribution in [-0.4, -0.2) is 22.2 Å². The lowest BCUT2D eigenvalue weighted by atomic mass is 9.93. The Labute approximate surface area is 59.0 Å². The molecule has 0 bridgehead atoms. The van der Waals surface area contributed by atoms with E-state index in [1.54, 1.807) is 0 Å². The van der Waals surface area contributed by atoms with Gasteiger partial charge in [-0.2, -0.15) is 0 Å². The van der Waals surface area contributed by atoms with Gasteiger partial charge in [0.15, 0.2) is 0 Å². The fourth-order valence-corrected chi connectivity index (χ4v) is 1.34. The van der Waals surface area contributed by atoms with E-state index in [0.29, 0.717) is 12.8 Å². The summed E-state index contributed by atoms with van der Waals surface area (Å²) in [6, 6.07) is -0.700. The average Bonchev–Trinajstić information content (AvgIpc) is 1.88. The quantitative estimate of drug-likeness (QED) is 0.433. The Hall–Kier alpha value is -0.640. The molecule has 0 heterocycles. The molecular formula is C6H11NO3. The van der Waals surface area contributed by atoms with Gasteiger partial charge in [-0.25, -0.2) is 0 Å². The molecule has 0 aromatic heterocycles. The normalized spacial score (nSPS) is 33.7. The maximum atomic E-state index is 10.2. The van der Waals surface area contributed by atoms with Crippen molar-refractivity contribution in [3.05, 3.63) is 10.1 Å². The topological polar surface area (TPSA) is 63.4 Å². The lowest BCUT2D eigenvalue weighted by Gasteiger charge is -2.20. The first kappa shape index (κ1) is 7.47. The number of aliphatic hydroxyl groups excluding tert-OH is 1. The van der Waals surface area contributed by atoms with Crippen LogP contribution in [0, 0.1) is 10.1 Å². The van der Waals surface area contributed by atoms with Crippen LogP contribution in [0.1, 0.15) is 25.7 Å². The fourth-order valence-electron chi connectivity index (χ4n) is 1.34. The second-order valence-electron chi connectivity index (χ2n) is 2.70. The molecule has 1 saturated carbocycles. The van der Waals surface area contributed by atoms with E-state index in [2.05, 4.69) is 0 Å². The van der Waals surface area contributed by atoms with E-state index in [9.17, 15) is 10.1 Å². The minimum Gasteiger partial charge on any atom is -0.386 e. The van der Waals surface area contributed by atoms with Crippen LogP contribution < -0.4 is 0 Å². The monoisotopic (exact) mass is 145 g/mol. The molecule has 1 aliphatic carbocycles. The lowest BCUT2D eigenvalue weighted by molar-refractivity contribution is -0.537. The van der Waals surface area contributed by atoms with E-state index in [1.807, 2.05) is 0 Å². The molecule has 0 aromatic carbocycles. The zero-order valence-electron chi connectivity index (χ0n) is 5.69. The minimum atomic E-state index is -0.705. The molecule has 58 valence electrons. The zero-order chi connectivity index (χ0) is 7.56. The van der Waals surface area contributed by atoms with E-state index in [1.165, 1.54) is 0 Å². The van der Waals surface area contributed by atoms with Crippen LogP contribution in [0.2, 0.25) is 0 Å². The molecule has 1 rings (SSSR count). The minimum absolute atomic E-state index is 0.371. The van der Waals surface area contributed by atoms with Crippen LogP contribution >= 0.6 is 0 Å². The molecule has 0 spiro atoms. The van der Waals surface area contributed by atoms with Crippen molar-refractivity contribution in [2.75, 3.05) is 0 Å². The molecule has 1 fully saturated rings. The SMILES string of the molecule is O=[N+]([O-])[C@H]1CCCC[C@H]1O. The van der Waals surface area contributed by atoms with E-state index >= 15 is 0 Å². The third-order valence-corrected chi connectivity index (χ3v) is 1.96. The summed E-state index contributed by atoms with van der Waals surface area (Å²) < 4.78 is 0. The van der Waals surface area contributed by atoms with Crippen LogP contribution in [0.15, 0.2) is 0 Å². The van der Waals surface area contributed by atoms with Crippen molar-refractivity contribution in [2.45, 2.75) is 37.8 Å². The summed E-state index contributed by atoms with van der Waals surface area (Å²) >= 11 is 0. The molecule has 4 nitrogen and oxygen atoms in total. The summed E-state index contributed by atoms with van der Waals surface area (Å²) in [6.45, 7) is 0. The Bertz CT molecular complexity index is 137. The van der Waals surface area contributed by atoms with Crippen LogP contribution in [0.25, 0.3) is 0 Å². The standard InChI is InChI=1S/C6H11NO3/c8-6-4-2-1-3-5(6)7(9)10/h5-6,8H,1-4H2/t5-,6+/m0/s1. The van der Waals surface area contributed by atoms with Crippen molar-refractivity contribution in [1.82, 2.24) is 0 Å². The highest BCUT2D eigenvalue weighted by molar-refractivity contribution is 4.73. The zero-order valence-corrected chi connectivity index (χ0v) is 5.69. The fraction of sp³-hybridized carbons (Fsp3) is 1.00. The Balaban J connectivity index is 2.47. The first-order valence-corrected chi connectivity index (χ1v) is 3.53. The van der Waals surface area contributed by atoms with Crippen molar-refractivity contribution in [1.29, 1.82) is 0 Å². The van der Waals surface area contributed by atoms with Crippen LogP contribution in [0.3, 0.4) is 0 Å². The summed E-state index contributed by atoms with van der Waals surface area (Å²) in [5, 5.41) is 19.3. The van der Waals surface area contributed by atoms with Gasteiger partial charge in [0.1, 0.15) is 6.10 Å². The van der Waals surface area contributed by atoms with E-state index < -0.39 is 12.1 Å². The lowest BCUT2D eigenvalue weighted by Crippen LogP contribution is -2.36. The van der Waals surface area contributed by atoms with Crippen molar-refractivity contribution in [3.8, 4) is 0 Å². The molecule has 1 N–H and O–H groups in total. The molecule has 0 amide bonds. The van der Waals surface area contributed by atoms with Gasteiger partial charge in [0.2, 0.25) is 6.04 Å². The van der Waals surface area contributed by atoms with Crippen LogP contribution in [-0.2, 0) is 0 Å². The van der Waals surface area contributed by atoms with E-state index in [4.69, 9.17) is 5.11 Å². The second kappa shape index (κ2) is 2.96. The predicted octanol–water partition coefficient (Wildman–Crippen LogP) is 0.567. The number of nitrogens with zero attached hydrogens (tertiary/aromatic N) is 1. The molecule has 0 aromatic rings. The van der Waals surface area contributed by atoms with Gasteiger partial charge in [0, 0.05) is 11.3 Å². The third-order valence-electron chi connectivity index (χ3n) is 1.96. The van der Waals surface area contributed by atoms with Crippen molar-refractivity contribution in [3.63, 3.8) is 0 Å². The van der Waals surface area contributed by atoms with Crippen LogP contribution in [0.4, 0.5) is 0 Å². The van der Waals surface area contributed by atoms with Crippen LogP contribution in [0.5, 0.6) is 0 Å². The highest BCUT2D eigenvalue weighted by atomic mass is 16.6. The summed E-state index contributed by atoms with van der Waals surface area (Å²) in [4.78, 5) is 9.84. The first-order chi connectivity index (χ1) is 4.72. The molecule has 10 heavy (non-hydrogen) atoms. The van der Waals surface area contributed by atoms with Crippen molar-refractivity contribution in [2.24, 2.45) is 0 Å². The number of hydrogen-bond donors (Lipinski definition) is 1. The Morgan fingerprint density at radius 2 is 2.00 bits per heavy atom. The molecule has 0 saturated heterocycles. The average molecular weight is 145 g/mol. The van der Waals surface area contributed by atoms with Crippen molar-refractivity contribution >= 4 is 0 Å². The second-order valence-corrected chi connectivity index (χ2v) is 2.70. The molecule has 4 heteroatoms. The number of aliphatic hydroxyl groups is 1. The summed E-state index contributed by atoms with van der Waals surface area (Å²) in [5.74, 6) is 0. The van der Waals surface area contributed by atoms with Gasteiger partial charge in [-0.1, -0.05) is 6.42 Å². The van der Waals surface area contributed by atoms with Gasteiger partial charge < -0.3 is 5.11 Å². The number of nitro groups is 1. The Morgan fingerprint density at radius 3 is 2.40 bits per heavy atom. The highest BCUT2D eigenvalue weighted by Crippen LogP contribution is 2.19. The summed E-state index contributed by atoms with van der Waals surface area (Å²) in [7, 11) is 0.